The number of methoxy groups -OCH3 is 1. The van der Waals surface area contributed by atoms with Crippen LogP contribution in [0.15, 0.2) is 18.2 Å². The summed E-state index contributed by atoms with van der Waals surface area (Å²) >= 11 is 0. The number of esters is 1. The van der Waals surface area contributed by atoms with Crippen LogP contribution in [0.1, 0.15) is 22.8 Å². The molecule has 1 aromatic carbocycles. The van der Waals surface area contributed by atoms with E-state index < -0.39 is 12.0 Å². The number of rotatable bonds is 3. The monoisotopic (exact) mass is 272 g/mol. The summed E-state index contributed by atoms with van der Waals surface area (Å²) in [5, 5.41) is 2.62. The van der Waals surface area contributed by atoms with Gasteiger partial charge < -0.3 is 15.8 Å². The summed E-state index contributed by atoms with van der Waals surface area (Å²) in [5.41, 5.74) is 7.17. The molecule has 0 saturated heterocycles. The van der Waals surface area contributed by atoms with E-state index in [0.29, 0.717) is 11.3 Å². The van der Waals surface area contributed by atoms with E-state index in [0.717, 1.165) is 5.56 Å². The molecule has 100 valence electrons. The van der Waals surface area contributed by atoms with Crippen LogP contribution in [0.4, 0.5) is 5.69 Å². The molecule has 0 spiro atoms. The first-order valence-corrected chi connectivity index (χ1v) is 5.21. The lowest BCUT2D eigenvalue weighted by Crippen LogP contribution is -2.32. The van der Waals surface area contributed by atoms with Crippen LogP contribution in [-0.2, 0) is 9.53 Å². The zero-order valence-corrected chi connectivity index (χ0v) is 11.3. The molecule has 1 atom stereocenters. The van der Waals surface area contributed by atoms with Gasteiger partial charge in [0.25, 0.3) is 0 Å². The molecule has 3 N–H and O–H groups in total. The predicted octanol–water partition coefficient (Wildman–Crippen LogP) is 1.49. The van der Waals surface area contributed by atoms with Crippen molar-refractivity contribution in [3.05, 3.63) is 29.3 Å². The Hall–Kier alpha value is -1.59. The minimum Gasteiger partial charge on any atom is -0.465 e. The highest BCUT2D eigenvalue weighted by atomic mass is 35.5. The van der Waals surface area contributed by atoms with Crippen molar-refractivity contribution in [2.45, 2.75) is 19.9 Å². The predicted molar refractivity (Wildman–Crippen MR) is 72.0 cm³/mol. The van der Waals surface area contributed by atoms with Gasteiger partial charge >= 0.3 is 5.97 Å². The first-order chi connectivity index (χ1) is 7.95. The Morgan fingerprint density at radius 1 is 1.39 bits per heavy atom. The Bertz CT molecular complexity index is 447. The van der Waals surface area contributed by atoms with E-state index in [1.807, 2.05) is 0 Å². The fourth-order valence-electron chi connectivity index (χ4n) is 1.29. The molecule has 0 fully saturated rings. The van der Waals surface area contributed by atoms with Crippen molar-refractivity contribution in [3.63, 3.8) is 0 Å². The van der Waals surface area contributed by atoms with E-state index in [9.17, 15) is 9.59 Å². The van der Waals surface area contributed by atoms with Crippen molar-refractivity contribution in [2.24, 2.45) is 5.73 Å². The zero-order chi connectivity index (χ0) is 13.0. The Morgan fingerprint density at radius 2 is 2.00 bits per heavy atom. The number of hydrogen-bond donors (Lipinski definition) is 2. The Kier molecular flexibility index (Phi) is 6.36. The number of aryl methyl sites for hydroxylation is 1. The molecular formula is C12H17ClN2O3. The second kappa shape index (κ2) is 6.98. The number of hydrogen-bond acceptors (Lipinski definition) is 4. The van der Waals surface area contributed by atoms with Gasteiger partial charge in [0.2, 0.25) is 5.91 Å². The van der Waals surface area contributed by atoms with Crippen molar-refractivity contribution in [3.8, 4) is 0 Å². The topological polar surface area (TPSA) is 81.4 Å². The fourth-order valence-corrected chi connectivity index (χ4v) is 1.29. The summed E-state index contributed by atoms with van der Waals surface area (Å²) in [6.45, 7) is 3.38. The third kappa shape index (κ3) is 4.01. The average Bonchev–Trinajstić information content (AvgIpc) is 2.30. The summed E-state index contributed by atoms with van der Waals surface area (Å²) in [5.74, 6) is -0.732. The Labute approximate surface area is 112 Å². The Balaban J connectivity index is 0.00000289. The minimum absolute atomic E-state index is 0. The molecule has 0 aliphatic carbocycles. The maximum absolute atomic E-state index is 11.4. The number of ether oxygens (including phenoxy) is 1. The smallest absolute Gasteiger partial charge is 0.338 e. The van der Waals surface area contributed by atoms with Crippen LogP contribution in [0.3, 0.4) is 0 Å². The van der Waals surface area contributed by atoms with E-state index in [2.05, 4.69) is 10.1 Å². The number of halogens is 1. The quantitative estimate of drug-likeness (QED) is 0.817. The number of carbonyl (C=O) groups excluding carboxylic acids is 2. The second-order valence-electron chi connectivity index (χ2n) is 3.80. The molecule has 0 aliphatic rings. The van der Waals surface area contributed by atoms with Gasteiger partial charge in [-0.2, -0.15) is 0 Å². The van der Waals surface area contributed by atoms with Crippen molar-refractivity contribution in [2.75, 3.05) is 12.4 Å². The van der Waals surface area contributed by atoms with E-state index in [1.165, 1.54) is 7.11 Å². The van der Waals surface area contributed by atoms with Gasteiger partial charge in [-0.1, -0.05) is 6.07 Å². The van der Waals surface area contributed by atoms with Crippen molar-refractivity contribution in [1.29, 1.82) is 0 Å². The van der Waals surface area contributed by atoms with Crippen LogP contribution in [0.25, 0.3) is 0 Å². The molecule has 0 aliphatic heterocycles. The standard InChI is InChI=1S/C12H16N2O3.ClH/c1-7-4-5-9(14-11(15)8(2)13)6-10(7)12(16)17-3;/h4-6,8H,13H2,1-3H3,(H,14,15);1H/t8-;/m0./s1. The van der Waals surface area contributed by atoms with Gasteiger partial charge in [-0.05, 0) is 31.5 Å². The first-order valence-electron chi connectivity index (χ1n) is 5.21. The molecule has 0 aromatic heterocycles. The third-order valence-corrected chi connectivity index (χ3v) is 2.32. The van der Waals surface area contributed by atoms with Gasteiger partial charge in [-0.3, -0.25) is 4.79 Å². The number of amides is 1. The van der Waals surface area contributed by atoms with Gasteiger partial charge in [0.15, 0.2) is 0 Å². The Morgan fingerprint density at radius 3 is 2.50 bits per heavy atom. The number of carbonyl (C=O) groups is 2. The highest BCUT2D eigenvalue weighted by Gasteiger charge is 2.12. The fraction of sp³-hybridized carbons (Fsp3) is 0.333. The highest BCUT2D eigenvalue weighted by Crippen LogP contribution is 2.16. The molecule has 5 nitrogen and oxygen atoms in total. The molecule has 0 heterocycles. The van der Waals surface area contributed by atoms with E-state index in [1.54, 1.807) is 32.0 Å². The second-order valence-corrected chi connectivity index (χ2v) is 3.80. The van der Waals surface area contributed by atoms with Crippen molar-refractivity contribution >= 4 is 30.0 Å². The molecule has 0 bridgehead atoms. The van der Waals surface area contributed by atoms with Gasteiger partial charge in [0.05, 0.1) is 18.7 Å². The number of anilines is 1. The van der Waals surface area contributed by atoms with E-state index in [-0.39, 0.29) is 18.3 Å². The highest BCUT2D eigenvalue weighted by molar-refractivity contribution is 5.97. The van der Waals surface area contributed by atoms with Crippen LogP contribution in [0, 0.1) is 6.92 Å². The maximum atomic E-state index is 11.4. The molecule has 0 radical (unpaired) electrons. The van der Waals surface area contributed by atoms with Gasteiger partial charge in [-0.15, -0.1) is 12.4 Å². The molecule has 1 rings (SSSR count). The van der Waals surface area contributed by atoms with E-state index in [4.69, 9.17) is 5.73 Å². The number of benzene rings is 1. The molecule has 0 saturated carbocycles. The molecule has 6 heteroatoms. The van der Waals surface area contributed by atoms with Crippen LogP contribution in [0.2, 0.25) is 0 Å². The van der Waals surface area contributed by atoms with Crippen molar-refractivity contribution in [1.82, 2.24) is 0 Å². The summed E-state index contributed by atoms with van der Waals surface area (Å²) in [4.78, 5) is 22.8. The van der Waals surface area contributed by atoms with Gasteiger partial charge in [-0.25, -0.2) is 4.79 Å². The SMILES string of the molecule is COC(=O)c1cc(NC(=O)[C@H](C)N)ccc1C.Cl. The van der Waals surface area contributed by atoms with Gasteiger partial charge in [0, 0.05) is 5.69 Å². The molecule has 0 unspecified atom stereocenters. The lowest BCUT2D eigenvalue weighted by molar-refractivity contribution is -0.117. The lowest BCUT2D eigenvalue weighted by Gasteiger charge is -2.10. The molecule has 1 aromatic rings. The lowest BCUT2D eigenvalue weighted by atomic mass is 10.1. The van der Waals surface area contributed by atoms with E-state index >= 15 is 0 Å². The third-order valence-electron chi connectivity index (χ3n) is 2.32. The van der Waals surface area contributed by atoms with Crippen LogP contribution < -0.4 is 11.1 Å². The largest absolute Gasteiger partial charge is 0.465 e. The van der Waals surface area contributed by atoms with Gasteiger partial charge in [0.1, 0.15) is 0 Å². The molecule has 18 heavy (non-hydrogen) atoms. The summed E-state index contributed by atoms with van der Waals surface area (Å²) in [6, 6.07) is 4.42. The minimum atomic E-state index is -0.599. The van der Waals surface area contributed by atoms with Crippen LogP contribution in [0.5, 0.6) is 0 Å². The maximum Gasteiger partial charge on any atom is 0.338 e. The normalized spacial score (nSPS) is 11.1. The van der Waals surface area contributed by atoms with Crippen LogP contribution in [-0.4, -0.2) is 25.0 Å². The summed E-state index contributed by atoms with van der Waals surface area (Å²) < 4.78 is 4.65. The number of nitrogens with two attached hydrogens (primary N) is 1. The first kappa shape index (κ1) is 16.4. The molecular weight excluding hydrogens is 256 g/mol. The average molecular weight is 273 g/mol. The summed E-state index contributed by atoms with van der Waals surface area (Å²) in [6.07, 6.45) is 0. The molecule has 1 amide bonds. The van der Waals surface area contributed by atoms with Crippen LogP contribution >= 0.6 is 12.4 Å². The zero-order valence-electron chi connectivity index (χ0n) is 10.5. The summed E-state index contributed by atoms with van der Waals surface area (Å²) in [7, 11) is 1.31. The van der Waals surface area contributed by atoms with Crippen molar-refractivity contribution < 1.29 is 14.3 Å². The number of nitrogens with one attached hydrogen (secondary N) is 1.